The average molecular weight is 257 g/mol. The molecule has 0 amide bonds. The molecular formula is C15H15NO3. The van der Waals surface area contributed by atoms with E-state index in [-0.39, 0.29) is 12.3 Å². The van der Waals surface area contributed by atoms with Gasteiger partial charge in [0.05, 0.1) is 12.6 Å². The van der Waals surface area contributed by atoms with E-state index in [2.05, 4.69) is 4.98 Å². The quantitative estimate of drug-likeness (QED) is 0.892. The minimum Gasteiger partial charge on any atom is -0.481 e. The molecule has 4 nitrogen and oxygen atoms in total. The van der Waals surface area contributed by atoms with Crippen LogP contribution in [0.5, 0.6) is 0 Å². The molecule has 1 saturated carbocycles. The molecule has 0 bridgehead atoms. The minimum atomic E-state index is -0.751. The molecule has 3 rings (SSSR count). The molecule has 2 aromatic rings. The maximum Gasteiger partial charge on any atom is 0.303 e. The van der Waals surface area contributed by atoms with Gasteiger partial charge >= 0.3 is 5.97 Å². The molecule has 1 aromatic carbocycles. The fraction of sp³-hybridized carbons (Fsp3) is 0.333. The third-order valence-electron chi connectivity index (χ3n) is 3.61. The lowest BCUT2D eigenvalue weighted by Crippen LogP contribution is -2.09. The van der Waals surface area contributed by atoms with Crippen molar-refractivity contribution < 1.29 is 14.3 Å². The lowest BCUT2D eigenvalue weighted by molar-refractivity contribution is -0.137. The van der Waals surface area contributed by atoms with E-state index >= 15 is 0 Å². The highest BCUT2D eigenvalue weighted by molar-refractivity contribution is 5.70. The van der Waals surface area contributed by atoms with Crippen molar-refractivity contribution >= 4 is 5.97 Å². The number of carbonyl (C=O) groups is 1. The number of aromatic nitrogens is 1. The zero-order valence-electron chi connectivity index (χ0n) is 10.5. The third kappa shape index (κ3) is 2.52. The minimum absolute atomic E-state index is 0.0561. The second kappa shape index (κ2) is 4.88. The summed E-state index contributed by atoms with van der Waals surface area (Å²) in [5, 5.41) is 9.10. The molecule has 0 radical (unpaired) electrons. The van der Waals surface area contributed by atoms with Crippen LogP contribution in [0.4, 0.5) is 0 Å². The van der Waals surface area contributed by atoms with Crippen LogP contribution in [0.1, 0.15) is 30.7 Å². The Morgan fingerprint density at radius 3 is 2.84 bits per heavy atom. The summed E-state index contributed by atoms with van der Waals surface area (Å²) >= 11 is 0. The molecule has 1 aliphatic carbocycles. The monoisotopic (exact) mass is 257 g/mol. The van der Waals surface area contributed by atoms with E-state index in [0.717, 1.165) is 24.0 Å². The van der Waals surface area contributed by atoms with Gasteiger partial charge in [-0.05, 0) is 36.3 Å². The standard InChI is InChI=1S/C15H15NO3/c17-14(18)9-13(10-5-6-10)11-3-1-2-4-12(11)15-16-7-8-19-15/h1-4,7-8,10,13H,5-6,9H2,(H,17,18). The molecule has 4 heteroatoms. The first-order valence-corrected chi connectivity index (χ1v) is 6.46. The van der Waals surface area contributed by atoms with Crippen LogP contribution in [-0.2, 0) is 4.79 Å². The largest absolute Gasteiger partial charge is 0.481 e. The van der Waals surface area contributed by atoms with Crippen LogP contribution in [-0.4, -0.2) is 16.1 Å². The lowest BCUT2D eigenvalue weighted by atomic mass is 9.87. The summed E-state index contributed by atoms with van der Waals surface area (Å²) in [5.41, 5.74) is 1.94. The smallest absolute Gasteiger partial charge is 0.303 e. The van der Waals surface area contributed by atoms with E-state index in [9.17, 15) is 4.79 Å². The predicted molar refractivity (Wildman–Crippen MR) is 69.7 cm³/mol. The number of hydrogen-bond acceptors (Lipinski definition) is 3. The van der Waals surface area contributed by atoms with Crippen LogP contribution in [0.25, 0.3) is 11.5 Å². The van der Waals surface area contributed by atoms with Crippen molar-refractivity contribution in [3.05, 3.63) is 42.3 Å². The average Bonchev–Trinajstić information content (AvgIpc) is 3.10. The van der Waals surface area contributed by atoms with Crippen LogP contribution in [0, 0.1) is 5.92 Å². The Kier molecular flexibility index (Phi) is 3.07. The molecule has 0 saturated heterocycles. The second-order valence-electron chi connectivity index (χ2n) is 4.97. The van der Waals surface area contributed by atoms with Gasteiger partial charge in [0.25, 0.3) is 0 Å². The number of rotatable bonds is 5. The predicted octanol–water partition coefficient (Wildman–Crippen LogP) is 3.31. The van der Waals surface area contributed by atoms with Crippen LogP contribution in [0.15, 0.2) is 41.1 Å². The van der Waals surface area contributed by atoms with Crippen molar-refractivity contribution in [2.75, 3.05) is 0 Å². The topological polar surface area (TPSA) is 63.3 Å². The Hall–Kier alpha value is -2.10. The highest BCUT2D eigenvalue weighted by Crippen LogP contribution is 2.46. The fourth-order valence-corrected chi connectivity index (χ4v) is 2.59. The van der Waals surface area contributed by atoms with E-state index in [1.807, 2.05) is 24.3 Å². The molecular weight excluding hydrogens is 242 g/mol. The van der Waals surface area contributed by atoms with Gasteiger partial charge in [-0.1, -0.05) is 18.2 Å². The van der Waals surface area contributed by atoms with Crippen molar-refractivity contribution in [3.8, 4) is 11.5 Å². The number of carboxylic acids is 1. The maximum atomic E-state index is 11.1. The van der Waals surface area contributed by atoms with E-state index in [1.54, 1.807) is 6.20 Å². The number of aliphatic carboxylic acids is 1. The number of oxazole rings is 1. The summed E-state index contributed by atoms with van der Waals surface area (Å²) in [7, 11) is 0. The SMILES string of the molecule is O=C(O)CC(c1ccccc1-c1ncco1)C1CC1. The van der Waals surface area contributed by atoms with Crippen LogP contribution in [0.3, 0.4) is 0 Å². The Balaban J connectivity index is 2.00. The number of hydrogen-bond donors (Lipinski definition) is 1. The molecule has 1 unspecified atom stereocenters. The first-order chi connectivity index (χ1) is 9.25. The molecule has 1 atom stereocenters. The normalized spacial score (nSPS) is 16.2. The summed E-state index contributed by atoms with van der Waals surface area (Å²) in [6.45, 7) is 0. The molecule has 1 N–H and O–H groups in total. The van der Waals surface area contributed by atoms with Gasteiger partial charge in [0.2, 0.25) is 5.89 Å². The Labute approximate surface area is 111 Å². The van der Waals surface area contributed by atoms with E-state index < -0.39 is 5.97 Å². The Bertz CT molecular complexity index is 573. The van der Waals surface area contributed by atoms with Crippen molar-refractivity contribution in [3.63, 3.8) is 0 Å². The van der Waals surface area contributed by atoms with Gasteiger partial charge in [-0.3, -0.25) is 4.79 Å². The summed E-state index contributed by atoms with van der Waals surface area (Å²) < 4.78 is 5.36. The lowest BCUT2D eigenvalue weighted by Gasteiger charge is -2.17. The molecule has 1 aromatic heterocycles. The first kappa shape index (κ1) is 12.0. The van der Waals surface area contributed by atoms with Crippen LogP contribution >= 0.6 is 0 Å². The van der Waals surface area contributed by atoms with E-state index in [1.165, 1.54) is 6.26 Å². The van der Waals surface area contributed by atoms with Crippen molar-refractivity contribution in [2.45, 2.75) is 25.2 Å². The Morgan fingerprint density at radius 1 is 1.42 bits per heavy atom. The van der Waals surface area contributed by atoms with Gasteiger partial charge in [0.15, 0.2) is 0 Å². The molecule has 0 aliphatic heterocycles. The summed E-state index contributed by atoms with van der Waals surface area (Å²) in [6, 6.07) is 7.80. The fourth-order valence-electron chi connectivity index (χ4n) is 2.59. The van der Waals surface area contributed by atoms with Crippen molar-refractivity contribution in [1.29, 1.82) is 0 Å². The summed E-state index contributed by atoms with van der Waals surface area (Å²) in [4.78, 5) is 15.2. The van der Waals surface area contributed by atoms with Crippen molar-refractivity contribution in [2.24, 2.45) is 5.92 Å². The van der Waals surface area contributed by atoms with Gasteiger partial charge < -0.3 is 9.52 Å². The second-order valence-corrected chi connectivity index (χ2v) is 4.97. The third-order valence-corrected chi connectivity index (χ3v) is 3.61. The summed E-state index contributed by atoms with van der Waals surface area (Å²) in [5.74, 6) is 0.346. The molecule has 1 aliphatic rings. The highest BCUT2D eigenvalue weighted by atomic mass is 16.4. The summed E-state index contributed by atoms with van der Waals surface area (Å²) in [6.07, 6.45) is 5.53. The molecule has 1 fully saturated rings. The van der Waals surface area contributed by atoms with Crippen LogP contribution in [0.2, 0.25) is 0 Å². The van der Waals surface area contributed by atoms with Gasteiger partial charge in [-0.2, -0.15) is 0 Å². The van der Waals surface area contributed by atoms with Crippen molar-refractivity contribution in [1.82, 2.24) is 4.98 Å². The van der Waals surface area contributed by atoms with Crippen LogP contribution < -0.4 is 0 Å². The zero-order valence-corrected chi connectivity index (χ0v) is 10.5. The maximum absolute atomic E-state index is 11.1. The Morgan fingerprint density at radius 2 is 2.21 bits per heavy atom. The van der Waals surface area contributed by atoms with Gasteiger partial charge in [0.1, 0.15) is 6.26 Å². The van der Waals surface area contributed by atoms with E-state index in [0.29, 0.717) is 11.8 Å². The van der Waals surface area contributed by atoms with Gasteiger partial charge in [-0.25, -0.2) is 4.98 Å². The number of nitrogens with zero attached hydrogens (tertiary/aromatic N) is 1. The first-order valence-electron chi connectivity index (χ1n) is 6.46. The number of benzene rings is 1. The zero-order chi connectivity index (χ0) is 13.2. The number of carboxylic acid groups (broad SMARTS) is 1. The molecule has 98 valence electrons. The van der Waals surface area contributed by atoms with Gasteiger partial charge in [-0.15, -0.1) is 0 Å². The molecule has 1 heterocycles. The molecule has 19 heavy (non-hydrogen) atoms. The van der Waals surface area contributed by atoms with E-state index in [4.69, 9.17) is 9.52 Å². The molecule has 0 spiro atoms. The van der Waals surface area contributed by atoms with Gasteiger partial charge in [0, 0.05) is 5.56 Å². The highest BCUT2D eigenvalue weighted by Gasteiger charge is 2.35.